The van der Waals surface area contributed by atoms with Gasteiger partial charge in [0.25, 0.3) is 0 Å². The fourth-order valence-corrected chi connectivity index (χ4v) is 3.63. The fourth-order valence-electron chi connectivity index (χ4n) is 3.10. The summed E-state index contributed by atoms with van der Waals surface area (Å²) < 4.78 is 0. The van der Waals surface area contributed by atoms with Gasteiger partial charge in [0.1, 0.15) is 6.04 Å². The van der Waals surface area contributed by atoms with Crippen molar-refractivity contribution in [2.45, 2.75) is 46.2 Å². The Labute approximate surface area is 193 Å². The van der Waals surface area contributed by atoms with Crippen LogP contribution < -0.4 is 5.32 Å². The molecular weight excluding hydrogens is 443 g/mol. The third-order valence-corrected chi connectivity index (χ3v) is 5.63. The lowest BCUT2D eigenvalue weighted by atomic mass is 10.1. The summed E-state index contributed by atoms with van der Waals surface area (Å²) in [6, 6.07) is 11.8. The molecule has 0 aliphatic carbocycles. The molecular formula is C23H27Cl3N2O2. The summed E-state index contributed by atoms with van der Waals surface area (Å²) in [4.78, 5) is 27.7. The summed E-state index contributed by atoms with van der Waals surface area (Å²) in [7, 11) is 0. The van der Waals surface area contributed by atoms with Crippen LogP contribution in [0.1, 0.15) is 38.3 Å². The van der Waals surface area contributed by atoms with Crippen molar-refractivity contribution in [3.63, 3.8) is 0 Å². The van der Waals surface area contributed by atoms with Crippen LogP contribution in [-0.4, -0.2) is 29.3 Å². The zero-order chi connectivity index (χ0) is 22.3. The number of nitrogens with zero attached hydrogens (tertiary/aromatic N) is 1. The number of halogens is 3. The molecule has 0 saturated heterocycles. The van der Waals surface area contributed by atoms with E-state index < -0.39 is 6.04 Å². The van der Waals surface area contributed by atoms with Crippen LogP contribution in [0.2, 0.25) is 15.1 Å². The highest BCUT2D eigenvalue weighted by molar-refractivity contribution is 6.42. The molecule has 0 aliphatic rings. The molecule has 7 heteroatoms. The van der Waals surface area contributed by atoms with Gasteiger partial charge in [-0.15, -0.1) is 0 Å². The fraction of sp³-hybridized carbons (Fsp3) is 0.391. The van der Waals surface area contributed by atoms with E-state index in [1.54, 1.807) is 35.2 Å². The number of rotatable bonds is 9. The maximum Gasteiger partial charge on any atom is 0.242 e. The van der Waals surface area contributed by atoms with Gasteiger partial charge in [-0.05, 0) is 47.7 Å². The Morgan fingerprint density at radius 2 is 1.73 bits per heavy atom. The SMILES string of the molecule is CCC(C(=O)NCC(C)C)N(Cc1ccc(Cl)c(Cl)c1)C(=O)Cc1cccc(Cl)c1. The van der Waals surface area contributed by atoms with Gasteiger partial charge in [-0.3, -0.25) is 9.59 Å². The molecule has 2 rings (SSSR count). The third kappa shape index (κ3) is 7.19. The summed E-state index contributed by atoms with van der Waals surface area (Å²) in [5, 5.41) is 4.37. The van der Waals surface area contributed by atoms with Crippen LogP contribution in [0.3, 0.4) is 0 Å². The van der Waals surface area contributed by atoms with Crippen LogP contribution in [0.5, 0.6) is 0 Å². The van der Waals surface area contributed by atoms with Gasteiger partial charge in [0, 0.05) is 18.1 Å². The quantitative estimate of drug-likeness (QED) is 0.507. The Morgan fingerprint density at radius 3 is 2.33 bits per heavy atom. The standard InChI is InChI=1S/C23H27Cl3N2O2/c1-4-21(23(30)27-13-15(2)3)28(14-17-8-9-19(25)20(26)11-17)22(29)12-16-6-5-7-18(24)10-16/h5-11,15,21H,4,12-14H2,1-3H3,(H,27,30). The molecule has 0 spiro atoms. The molecule has 0 saturated carbocycles. The third-order valence-electron chi connectivity index (χ3n) is 4.65. The first-order valence-corrected chi connectivity index (χ1v) is 11.1. The number of hydrogen-bond donors (Lipinski definition) is 1. The highest BCUT2D eigenvalue weighted by atomic mass is 35.5. The molecule has 1 N–H and O–H groups in total. The number of carbonyl (C=O) groups is 2. The van der Waals surface area contributed by atoms with Gasteiger partial charge in [0.05, 0.1) is 16.5 Å². The minimum atomic E-state index is -0.593. The Morgan fingerprint density at radius 1 is 1.00 bits per heavy atom. The van der Waals surface area contributed by atoms with Gasteiger partial charge in [-0.1, -0.05) is 73.8 Å². The number of amides is 2. The van der Waals surface area contributed by atoms with E-state index in [0.717, 1.165) is 11.1 Å². The maximum atomic E-state index is 13.3. The number of nitrogens with one attached hydrogen (secondary N) is 1. The van der Waals surface area contributed by atoms with Crippen LogP contribution in [0.4, 0.5) is 0 Å². The molecule has 4 nitrogen and oxygen atoms in total. The second-order valence-corrected chi connectivity index (χ2v) is 8.89. The first kappa shape index (κ1) is 24.5. The van der Waals surface area contributed by atoms with Crippen LogP contribution in [0.15, 0.2) is 42.5 Å². The zero-order valence-electron chi connectivity index (χ0n) is 17.4. The number of carbonyl (C=O) groups excluding carboxylic acids is 2. The Kier molecular flexibility index (Phi) is 9.47. The molecule has 1 atom stereocenters. The molecule has 0 aromatic heterocycles. The van der Waals surface area contributed by atoms with Crippen molar-refractivity contribution < 1.29 is 9.59 Å². The largest absolute Gasteiger partial charge is 0.354 e. The Balaban J connectivity index is 2.30. The highest BCUT2D eigenvalue weighted by Gasteiger charge is 2.28. The molecule has 1 unspecified atom stereocenters. The van der Waals surface area contributed by atoms with E-state index in [9.17, 15) is 9.59 Å². The van der Waals surface area contributed by atoms with Crippen LogP contribution in [0, 0.1) is 5.92 Å². The van der Waals surface area contributed by atoms with Crippen molar-refractivity contribution in [3.05, 3.63) is 68.7 Å². The van der Waals surface area contributed by atoms with Crippen molar-refractivity contribution in [1.82, 2.24) is 10.2 Å². The molecule has 2 aromatic rings. The van der Waals surface area contributed by atoms with E-state index in [1.165, 1.54) is 0 Å². The lowest BCUT2D eigenvalue weighted by Gasteiger charge is -2.31. The van der Waals surface area contributed by atoms with E-state index in [-0.39, 0.29) is 24.8 Å². The van der Waals surface area contributed by atoms with E-state index in [1.807, 2.05) is 32.9 Å². The average Bonchev–Trinajstić information content (AvgIpc) is 2.68. The van der Waals surface area contributed by atoms with Gasteiger partial charge >= 0.3 is 0 Å². The van der Waals surface area contributed by atoms with Crippen molar-refractivity contribution >= 4 is 46.6 Å². The lowest BCUT2D eigenvalue weighted by Crippen LogP contribution is -2.50. The van der Waals surface area contributed by atoms with E-state index in [0.29, 0.717) is 34.0 Å². The minimum absolute atomic E-state index is 0.149. The predicted molar refractivity (Wildman–Crippen MR) is 124 cm³/mol. The smallest absolute Gasteiger partial charge is 0.242 e. The summed E-state index contributed by atoms with van der Waals surface area (Å²) in [6.07, 6.45) is 0.641. The molecule has 0 aliphatic heterocycles. The Hall–Kier alpha value is -1.75. The van der Waals surface area contributed by atoms with Gasteiger partial charge in [-0.25, -0.2) is 0 Å². The molecule has 0 heterocycles. The first-order valence-electron chi connectivity index (χ1n) is 9.96. The van der Waals surface area contributed by atoms with Gasteiger partial charge in [-0.2, -0.15) is 0 Å². The molecule has 0 fully saturated rings. The van der Waals surface area contributed by atoms with E-state index >= 15 is 0 Å². The van der Waals surface area contributed by atoms with Gasteiger partial charge < -0.3 is 10.2 Å². The van der Waals surface area contributed by atoms with E-state index in [2.05, 4.69) is 5.32 Å². The normalized spacial score (nSPS) is 12.0. The van der Waals surface area contributed by atoms with Crippen LogP contribution >= 0.6 is 34.8 Å². The number of benzene rings is 2. The summed E-state index contributed by atoms with van der Waals surface area (Å²) in [6.45, 7) is 6.76. The van der Waals surface area contributed by atoms with Crippen molar-refractivity contribution in [2.75, 3.05) is 6.54 Å². The van der Waals surface area contributed by atoms with Gasteiger partial charge in [0.2, 0.25) is 11.8 Å². The van der Waals surface area contributed by atoms with E-state index in [4.69, 9.17) is 34.8 Å². The highest BCUT2D eigenvalue weighted by Crippen LogP contribution is 2.24. The summed E-state index contributed by atoms with van der Waals surface area (Å²) in [5.41, 5.74) is 1.60. The Bertz CT molecular complexity index is 887. The first-order chi connectivity index (χ1) is 14.2. The predicted octanol–water partition coefficient (Wildman–Crippen LogP) is 5.77. The second kappa shape index (κ2) is 11.6. The molecule has 2 aromatic carbocycles. The molecule has 2 amide bonds. The van der Waals surface area contributed by atoms with Crippen molar-refractivity contribution in [3.8, 4) is 0 Å². The van der Waals surface area contributed by atoms with Crippen molar-refractivity contribution in [1.29, 1.82) is 0 Å². The van der Waals surface area contributed by atoms with Gasteiger partial charge in [0.15, 0.2) is 0 Å². The summed E-state index contributed by atoms with van der Waals surface area (Å²) >= 11 is 18.2. The van der Waals surface area contributed by atoms with Crippen molar-refractivity contribution in [2.24, 2.45) is 5.92 Å². The lowest BCUT2D eigenvalue weighted by molar-refractivity contribution is -0.141. The number of hydrogen-bond acceptors (Lipinski definition) is 2. The minimum Gasteiger partial charge on any atom is -0.354 e. The molecule has 0 radical (unpaired) electrons. The zero-order valence-corrected chi connectivity index (χ0v) is 19.7. The average molecular weight is 470 g/mol. The van der Waals surface area contributed by atoms with Crippen LogP contribution in [-0.2, 0) is 22.6 Å². The second-order valence-electron chi connectivity index (χ2n) is 7.64. The summed E-state index contributed by atoms with van der Waals surface area (Å²) in [5.74, 6) is -0.00210. The molecule has 30 heavy (non-hydrogen) atoms. The molecule has 162 valence electrons. The molecule has 0 bridgehead atoms. The monoisotopic (exact) mass is 468 g/mol. The van der Waals surface area contributed by atoms with Crippen LogP contribution in [0.25, 0.3) is 0 Å². The maximum absolute atomic E-state index is 13.3. The topological polar surface area (TPSA) is 49.4 Å².